The number of ether oxygens (including phenoxy) is 2. The highest BCUT2D eigenvalue weighted by Crippen LogP contribution is 2.14. The van der Waals surface area contributed by atoms with Crippen molar-refractivity contribution in [3.05, 3.63) is 65.7 Å². The van der Waals surface area contributed by atoms with Crippen LogP contribution in [0.5, 0.6) is 5.75 Å². The van der Waals surface area contributed by atoms with Gasteiger partial charge in [-0.25, -0.2) is 4.79 Å². The van der Waals surface area contributed by atoms with E-state index >= 15 is 0 Å². The summed E-state index contributed by atoms with van der Waals surface area (Å²) in [4.78, 5) is 24.2. The van der Waals surface area contributed by atoms with Crippen molar-refractivity contribution in [1.82, 2.24) is 5.32 Å². The molecule has 0 spiro atoms. The predicted octanol–water partition coefficient (Wildman–Crippen LogP) is 3.38. The molecule has 2 aromatic rings. The molecule has 1 N–H and O–H groups in total. The molecule has 138 valence electrons. The van der Waals surface area contributed by atoms with Crippen molar-refractivity contribution in [2.75, 3.05) is 13.2 Å². The van der Waals surface area contributed by atoms with Crippen LogP contribution in [0.4, 0.5) is 0 Å². The lowest BCUT2D eigenvalue weighted by atomic mass is 10.1. The molecule has 0 fully saturated rings. The molecule has 0 bridgehead atoms. The third-order valence-electron chi connectivity index (χ3n) is 3.77. The fourth-order valence-corrected chi connectivity index (χ4v) is 2.31. The summed E-state index contributed by atoms with van der Waals surface area (Å²) < 4.78 is 10.7. The average molecular weight is 355 g/mol. The van der Waals surface area contributed by atoms with E-state index in [1.807, 2.05) is 37.3 Å². The molecule has 0 aliphatic heterocycles. The molecule has 0 radical (unpaired) electrons. The minimum Gasteiger partial charge on any atom is -0.494 e. The van der Waals surface area contributed by atoms with E-state index in [-0.39, 0.29) is 5.91 Å². The van der Waals surface area contributed by atoms with E-state index in [9.17, 15) is 9.59 Å². The van der Waals surface area contributed by atoms with Gasteiger partial charge in [-0.3, -0.25) is 4.79 Å². The molecule has 26 heavy (non-hydrogen) atoms. The van der Waals surface area contributed by atoms with E-state index < -0.39 is 12.1 Å². The first kappa shape index (κ1) is 19.5. The van der Waals surface area contributed by atoms with Crippen LogP contribution < -0.4 is 10.1 Å². The van der Waals surface area contributed by atoms with Crippen LogP contribution in [0.3, 0.4) is 0 Å². The Kier molecular flexibility index (Phi) is 7.68. The van der Waals surface area contributed by atoms with Crippen LogP contribution in [0, 0.1) is 0 Å². The number of rotatable bonds is 9. The van der Waals surface area contributed by atoms with Gasteiger partial charge in [0, 0.05) is 6.54 Å². The molecule has 0 aromatic heterocycles. The van der Waals surface area contributed by atoms with Gasteiger partial charge in [-0.1, -0.05) is 37.3 Å². The third kappa shape index (κ3) is 6.24. The van der Waals surface area contributed by atoms with Crippen LogP contribution in [-0.2, 0) is 16.0 Å². The Morgan fingerprint density at radius 1 is 1.04 bits per heavy atom. The molecule has 1 atom stereocenters. The zero-order valence-corrected chi connectivity index (χ0v) is 15.2. The van der Waals surface area contributed by atoms with Gasteiger partial charge in [-0.05, 0) is 49.6 Å². The Balaban J connectivity index is 1.77. The molecule has 0 saturated carbocycles. The van der Waals surface area contributed by atoms with E-state index in [0.29, 0.717) is 24.5 Å². The van der Waals surface area contributed by atoms with Crippen LogP contribution in [0.25, 0.3) is 0 Å². The van der Waals surface area contributed by atoms with Gasteiger partial charge in [0.25, 0.3) is 5.91 Å². The van der Waals surface area contributed by atoms with Crippen LogP contribution in [0.1, 0.15) is 36.2 Å². The summed E-state index contributed by atoms with van der Waals surface area (Å²) in [7, 11) is 0. The molecule has 2 aromatic carbocycles. The fraction of sp³-hybridized carbons (Fsp3) is 0.333. The number of nitrogens with one attached hydrogen (secondary N) is 1. The van der Waals surface area contributed by atoms with Crippen LogP contribution >= 0.6 is 0 Å². The summed E-state index contributed by atoms with van der Waals surface area (Å²) >= 11 is 0. The van der Waals surface area contributed by atoms with Crippen molar-refractivity contribution in [1.29, 1.82) is 0 Å². The van der Waals surface area contributed by atoms with Gasteiger partial charge in [0.15, 0.2) is 6.10 Å². The van der Waals surface area contributed by atoms with Gasteiger partial charge in [0.05, 0.1) is 12.2 Å². The number of hydrogen-bond donors (Lipinski definition) is 1. The first-order valence-corrected chi connectivity index (χ1v) is 8.85. The Bertz CT molecular complexity index is 698. The Morgan fingerprint density at radius 3 is 2.38 bits per heavy atom. The van der Waals surface area contributed by atoms with Crippen molar-refractivity contribution < 1.29 is 19.1 Å². The summed E-state index contributed by atoms with van der Waals surface area (Å²) in [5.74, 6) is -0.134. The SMILES string of the molecule is CCCOc1ccc(C(=O)O[C@@H](C)C(=O)NCCc2ccccc2)cc1. The minimum absolute atomic E-state index is 0.308. The normalized spacial score (nSPS) is 11.5. The largest absolute Gasteiger partial charge is 0.494 e. The van der Waals surface area contributed by atoms with E-state index in [1.165, 1.54) is 0 Å². The molecule has 0 heterocycles. The summed E-state index contributed by atoms with van der Waals surface area (Å²) in [6, 6.07) is 16.6. The lowest BCUT2D eigenvalue weighted by Gasteiger charge is -2.14. The maximum Gasteiger partial charge on any atom is 0.338 e. The molecule has 0 unspecified atom stereocenters. The summed E-state index contributed by atoms with van der Waals surface area (Å²) in [6.45, 7) is 4.71. The molecule has 5 heteroatoms. The molecule has 0 aliphatic rings. The van der Waals surface area contributed by atoms with Crippen molar-refractivity contribution in [2.24, 2.45) is 0 Å². The second-order valence-corrected chi connectivity index (χ2v) is 5.95. The zero-order valence-electron chi connectivity index (χ0n) is 15.2. The van der Waals surface area contributed by atoms with Crippen molar-refractivity contribution in [3.63, 3.8) is 0 Å². The number of carbonyl (C=O) groups is 2. The van der Waals surface area contributed by atoms with E-state index in [2.05, 4.69) is 5.32 Å². The molecule has 2 rings (SSSR count). The molecular weight excluding hydrogens is 330 g/mol. The first-order valence-electron chi connectivity index (χ1n) is 8.85. The van der Waals surface area contributed by atoms with Crippen LogP contribution in [0.2, 0.25) is 0 Å². The van der Waals surface area contributed by atoms with Gasteiger partial charge in [-0.15, -0.1) is 0 Å². The monoisotopic (exact) mass is 355 g/mol. The van der Waals surface area contributed by atoms with E-state index in [4.69, 9.17) is 9.47 Å². The Morgan fingerprint density at radius 2 is 1.73 bits per heavy atom. The molecule has 1 amide bonds. The maximum absolute atomic E-state index is 12.1. The number of esters is 1. The highest BCUT2D eigenvalue weighted by Gasteiger charge is 2.18. The molecule has 0 aliphatic carbocycles. The summed E-state index contributed by atoms with van der Waals surface area (Å²) in [5.41, 5.74) is 1.53. The van der Waals surface area contributed by atoms with Gasteiger partial charge in [0.2, 0.25) is 0 Å². The van der Waals surface area contributed by atoms with Gasteiger partial charge < -0.3 is 14.8 Å². The summed E-state index contributed by atoms with van der Waals surface area (Å²) in [6.07, 6.45) is 0.793. The predicted molar refractivity (Wildman–Crippen MR) is 100 cm³/mol. The van der Waals surface area contributed by atoms with Crippen molar-refractivity contribution >= 4 is 11.9 Å². The third-order valence-corrected chi connectivity index (χ3v) is 3.77. The number of benzene rings is 2. The lowest BCUT2D eigenvalue weighted by molar-refractivity contribution is -0.129. The highest BCUT2D eigenvalue weighted by molar-refractivity contribution is 5.92. The molecular formula is C21H25NO4. The van der Waals surface area contributed by atoms with Crippen LogP contribution in [0.15, 0.2) is 54.6 Å². The number of amides is 1. The van der Waals surface area contributed by atoms with E-state index in [1.54, 1.807) is 31.2 Å². The highest BCUT2D eigenvalue weighted by atomic mass is 16.5. The maximum atomic E-state index is 12.1. The van der Waals surface area contributed by atoms with Crippen LogP contribution in [-0.4, -0.2) is 31.1 Å². The Hall–Kier alpha value is -2.82. The second kappa shape index (κ2) is 10.2. The quantitative estimate of drug-likeness (QED) is 0.701. The zero-order chi connectivity index (χ0) is 18.8. The van der Waals surface area contributed by atoms with Gasteiger partial charge >= 0.3 is 5.97 Å². The molecule has 5 nitrogen and oxygen atoms in total. The van der Waals surface area contributed by atoms with Gasteiger partial charge in [0.1, 0.15) is 5.75 Å². The topological polar surface area (TPSA) is 64.6 Å². The summed E-state index contributed by atoms with van der Waals surface area (Å²) in [5, 5.41) is 2.78. The number of carbonyl (C=O) groups excluding carboxylic acids is 2. The van der Waals surface area contributed by atoms with Gasteiger partial charge in [-0.2, -0.15) is 0 Å². The van der Waals surface area contributed by atoms with Crippen molar-refractivity contribution in [2.45, 2.75) is 32.8 Å². The Labute approximate surface area is 154 Å². The fourth-order valence-electron chi connectivity index (χ4n) is 2.31. The smallest absolute Gasteiger partial charge is 0.338 e. The average Bonchev–Trinajstić information content (AvgIpc) is 2.67. The number of hydrogen-bond acceptors (Lipinski definition) is 4. The first-order chi connectivity index (χ1) is 12.6. The van der Waals surface area contributed by atoms with E-state index in [0.717, 1.165) is 18.4 Å². The minimum atomic E-state index is -0.853. The van der Waals surface area contributed by atoms with Crippen molar-refractivity contribution in [3.8, 4) is 5.75 Å². The molecule has 0 saturated heterocycles. The lowest BCUT2D eigenvalue weighted by Crippen LogP contribution is -2.36. The second-order valence-electron chi connectivity index (χ2n) is 5.95. The standard InChI is InChI=1S/C21H25NO4/c1-3-15-25-19-11-9-18(10-12-19)21(24)26-16(2)20(23)22-14-13-17-7-5-4-6-8-17/h4-12,16H,3,13-15H2,1-2H3,(H,22,23)/t16-/m0/s1.